The van der Waals surface area contributed by atoms with E-state index in [0.717, 1.165) is 24.1 Å². The average Bonchev–Trinajstić information content (AvgIpc) is 3.64. The number of rotatable bonds is 7. The fourth-order valence-corrected chi connectivity index (χ4v) is 10.7. The molecule has 0 fully saturated rings. The first-order valence-electron chi connectivity index (χ1n) is 21.6. The van der Waals surface area contributed by atoms with E-state index in [0.29, 0.717) is 0 Å². The van der Waals surface area contributed by atoms with Gasteiger partial charge in [-0.05, 0) is 79.6 Å². The van der Waals surface area contributed by atoms with E-state index in [1.165, 1.54) is 72.3 Å². The molecule has 1 atom stereocenters. The molecule has 0 aromatic heterocycles. The van der Waals surface area contributed by atoms with Gasteiger partial charge in [0, 0.05) is 0 Å². The SMILES string of the molecule is C1=CCCC(C2(c3ccccc3)c3ccccc3C3(c4ccccc4-c4c(C([N-]c5cccc(-c6ccccc6)c5)c5ccccc5)cccc43)c3ccccc32)=C1.CC.[K+]. The zero-order chi connectivity index (χ0) is 40.5. The maximum atomic E-state index is 5.67. The molecular formula is C59H48KN. The Balaban J connectivity index is 0.00000157. The maximum absolute atomic E-state index is 5.67. The van der Waals surface area contributed by atoms with Crippen molar-refractivity contribution in [1.29, 1.82) is 0 Å². The molecule has 1 nitrogen and oxygen atoms in total. The summed E-state index contributed by atoms with van der Waals surface area (Å²) >= 11 is 0. The van der Waals surface area contributed by atoms with Crippen LogP contribution in [0.4, 0.5) is 5.69 Å². The molecule has 1 unspecified atom stereocenters. The van der Waals surface area contributed by atoms with Gasteiger partial charge < -0.3 is 5.32 Å². The van der Waals surface area contributed by atoms with Crippen molar-refractivity contribution in [3.8, 4) is 22.3 Å². The van der Waals surface area contributed by atoms with Gasteiger partial charge in [-0.2, -0.15) is 0 Å². The Morgan fingerprint density at radius 1 is 0.475 bits per heavy atom. The fourth-order valence-electron chi connectivity index (χ4n) is 10.7. The second-order valence-electron chi connectivity index (χ2n) is 15.8. The predicted molar refractivity (Wildman–Crippen MR) is 251 cm³/mol. The van der Waals surface area contributed by atoms with Gasteiger partial charge in [0.15, 0.2) is 0 Å². The van der Waals surface area contributed by atoms with Crippen LogP contribution in [0.5, 0.6) is 0 Å². The molecule has 0 aliphatic heterocycles. The van der Waals surface area contributed by atoms with Crippen molar-refractivity contribution >= 4 is 5.69 Å². The van der Waals surface area contributed by atoms with Gasteiger partial charge in [-0.1, -0.05) is 256 Å². The van der Waals surface area contributed by atoms with Gasteiger partial charge in [-0.3, -0.25) is 0 Å². The second-order valence-corrected chi connectivity index (χ2v) is 15.8. The zero-order valence-electron chi connectivity index (χ0n) is 35.3. The fraction of sp³-hybridized carbons (Fsp3) is 0.119. The van der Waals surface area contributed by atoms with Gasteiger partial charge in [0.2, 0.25) is 0 Å². The van der Waals surface area contributed by atoms with Crippen LogP contribution >= 0.6 is 0 Å². The molecular weight excluding hydrogens is 762 g/mol. The summed E-state index contributed by atoms with van der Waals surface area (Å²) in [6.45, 7) is 4.00. The largest absolute Gasteiger partial charge is 1.00 e. The van der Waals surface area contributed by atoms with Crippen LogP contribution in [-0.2, 0) is 10.8 Å². The van der Waals surface area contributed by atoms with E-state index >= 15 is 0 Å². The van der Waals surface area contributed by atoms with Crippen LogP contribution in [0.2, 0.25) is 0 Å². The Kier molecular flexibility index (Phi) is 11.8. The van der Waals surface area contributed by atoms with E-state index < -0.39 is 10.8 Å². The first kappa shape index (κ1) is 41.1. The molecule has 0 saturated carbocycles. The summed E-state index contributed by atoms with van der Waals surface area (Å²) in [4.78, 5) is 0. The minimum atomic E-state index is -0.549. The Bertz CT molecular complexity index is 2820. The molecule has 11 rings (SSSR count). The van der Waals surface area contributed by atoms with E-state index in [2.05, 4.69) is 224 Å². The van der Waals surface area contributed by atoms with Crippen molar-refractivity contribution in [2.45, 2.75) is 43.6 Å². The smallest absolute Gasteiger partial charge is 0.674 e. The van der Waals surface area contributed by atoms with Crippen molar-refractivity contribution in [2.75, 3.05) is 0 Å². The molecule has 0 heterocycles. The Labute approximate surface area is 404 Å². The minimum absolute atomic E-state index is 0. The molecule has 3 aliphatic rings. The molecule has 290 valence electrons. The van der Waals surface area contributed by atoms with Gasteiger partial charge in [0.25, 0.3) is 0 Å². The van der Waals surface area contributed by atoms with Crippen molar-refractivity contribution in [3.05, 3.63) is 285 Å². The third kappa shape index (κ3) is 6.59. The van der Waals surface area contributed by atoms with Crippen molar-refractivity contribution in [2.24, 2.45) is 0 Å². The second kappa shape index (κ2) is 17.6. The third-order valence-electron chi connectivity index (χ3n) is 12.9. The van der Waals surface area contributed by atoms with Gasteiger partial charge >= 0.3 is 51.4 Å². The summed E-state index contributed by atoms with van der Waals surface area (Å²) in [5, 5.41) is 5.67. The standard InChI is InChI=1S/C57H42N.C2H6.K/c1-5-21-40(22-6-1)42-25-19-30-45(39-42)58-55(41-23-7-2-8-24-41)47-32-20-38-53-54(47)46-31-13-14-33-48(46)57(53)51-36-17-15-34-49(51)56(43-26-9-3-10-27-43,44-28-11-4-12-29-44)50-35-16-18-37-52(50)57;1-2;/h1-11,13-28,30-39,55H,12,29H2;1-2H3;/q-1;;+1. The van der Waals surface area contributed by atoms with Crippen LogP contribution in [0.25, 0.3) is 27.6 Å². The van der Waals surface area contributed by atoms with Crippen LogP contribution in [0.3, 0.4) is 0 Å². The molecule has 8 aromatic carbocycles. The normalized spacial score (nSPS) is 18.2. The summed E-state index contributed by atoms with van der Waals surface area (Å²) in [6.07, 6.45) is 9.01. The van der Waals surface area contributed by atoms with Gasteiger partial charge in [0.1, 0.15) is 0 Å². The van der Waals surface area contributed by atoms with E-state index in [-0.39, 0.29) is 57.4 Å². The number of fused-ring (bicyclic) bond motifs is 9. The van der Waals surface area contributed by atoms with E-state index in [1.54, 1.807) is 0 Å². The summed E-state index contributed by atoms with van der Waals surface area (Å²) in [5.41, 5.74) is 18.1. The number of hydrogen-bond acceptors (Lipinski definition) is 0. The Hall–Kier alpha value is -5.32. The molecule has 61 heavy (non-hydrogen) atoms. The molecule has 2 heteroatoms. The van der Waals surface area contributed by atoms with Crippen LogP contribution in [0.1, 0.15) is 82.8 Å². The first-order valence-corrected chi connectivity index (χ1v) is 21.6. The van der Waals surface area contributed by atoms with Crippen LogP contribution in [0.15, 0.2) is 230 Å². The molecule has 3 aliphatic carbocycles. The van der Waals surface area contributed by atoms with Gasteiger partial charge in [-0.25, -0.2) is 0 Å². The quantitative estimate of drug-likeness (QED) is 0.142. The monoisotopic (exact) mass is 809 g/mol. The summed E-state index contributed by atoms with van der Waals surface area (Å²) < 4.78 is 0. The first-order chi connectivity index (χ1) is 29.8. The van der Waals surface area contributed by atoms with Crippen LogP contribution in [0, 0.1) is 0 Å². The topological polar surface area (TPSA) is 14.1 Å². The van der Waals surface area contributed by atoms with Gasteiger partial charge in [0.05, 0.1) is 10.8 Å². The Morgan fingerprint density at radius 2 is 1.00 bits per heavy atom. The zero-order valence-corrected chi connectivity index (χ0v) is 38.4. The van der Waals surface area contributed by atoms with Crippen molar-refractivity contribution in [3.63, 3.8) is 0 Å². The molecule has 0 N–H and O–H groups in total. The van der Waals surface area contributed by atoms with Gasteiger partial charge in [-0.15, -0.1) is 5.69 Å². The summed E-state index contributed by atoms with van der Waals surface area (Å²) in [7, 11) is 0. The number of nitrogens with zero attached hydrogens (tertiary/aromatic N) is 1. The predicted octanol–water partition coefficient (Wildman–Crippen LogP) is 12.5. The Morgan fingerprint density at radius 3 is 1.64 bits per heavy atom. The molecule has 1 spiro atoms. The van der Waals surface area contributed by atoms with E-state index in [1.807, 2.05) is 13.8 Å². The van der Waals surface area contributed by atoms with Crippen molar-refractivity contribution in [1.82, 2.24) is 0 Å². The number of allylic oxidation sites excluding steroid dienone is 4. The summed E-state index contributed by atoms with van der Waals surface area (Å²) in [5.74, 6) is 0. The third-order valence-corrected chi connectivity index (χ3v) is 12.9. The number of benzene rings is 8. The summed E-state index contributed by atoms with van der Waals surface area (Å²) in [6, 6.07) is 76.1. The molecule has 8 aromatic rings. The molecule has 0 saturated heterocycles. The van der Waals surface area contributed by atoms with Crippen LogP contribution < -0.4 is 51.4 Å². The average molecular weight is 810 g/mol. The molecule has 0 radical (unpaired) electrons. The molecule has 0 bridgehead atoms. The molecule has 0 amide bonds. The van der Waals surface area contributed by atoms with Crippen LogP contribution in [-0.4, -0.2) is 0 Å². The minimum Gasteiger partial charge on any atom is -0.674 e. The maximum Gasteiger partial charge on any atom is 1.00 e. The van der Waals surface area contributed by atoms with E-state index in [9.17, 15) is 0 Å². The van der Waals surface area contributed by atoms with E-state index in [4.69, 9.17) is 5.32 Å². The number of hydrogen-bond donors (Lipinski definition) is 0. The van der Waals surface area contributed by atoms with Crippen molar-refractivity contribution < 1.29 is 51.4 Å².